The third-order valence-corrected chi connectivity index (χ3v) is 5.91. The molecule has 0 bridgehead atoms. The summed E-state index contributed by atoms with van der Waals surface area (Å²) in [4.78, 5) is 50.0. The zero-order valence-electron chi connectivity index (χ0n) is 17.6. The van der Waals surface area contributed by atoms with Gasteiger partial charge in [-0.1, -0.05) is 38.3 Å². The quantitative estimate of drug-likeness (QED) is 0.596. The Balaban J connectivity index is 1.50. The Bertz CT molecular complexity index is 815. The molecule has 162 valence electrons. The average molecular weight is 415 g/mol. The molecule has 8 nitrogen and oxygen atoms in total. The maximum absolute atomic E-state index is 12.8. The number of hydrogen-bond acceptors (Lipinski definition) is 4. The second-order valence-electron chi connectivity index (χ2n) is 8.09. The van der Waals surface area contributed by atoms with Crippen LogP contribution in [0.3, 0.4) is 0 Å². The number of amides is 5. The minimum Gasteiger partial charge on any atom is -0.350 e. The van der Waals surface area contributed by atoms with Crippen molar-refractivity contribution in [2.75, 3.05) is 11.9 Å². The van der Waals surface area contributed by atoms with Gasteiger partial charge in [-0.2, -0.15) is 0 Å². The molecule has 1 heterocycles. The van der Waals surface area contributed by atoms with Crippen molar-refractivity contribution >= 4 is 29.4 Å². The summed E-state index contributed by atoms with van der Waals surface area (Å²) in [5.41, 5.74) is 0.849. The molecule has 1 unspecified atom stereocenters. The van der Waals surface area contributed by atoms with Crippen LogP contribution in [-0.2, 0) is 14.4 Å². The Morgan fingerprint density at radius 1 is 1.10 bits per heavy atom. The number of benzene rings is 1. The van der Waals surface area contributed by atoms with Gasteiger partial charge in [0.15, 0.2) is 0 Å². The fraction of sp³-hybridized carbons (Fsp3) is 0.545. The normalized spacial score (nSPS) is 18.8. The van der Waals surface area contributed by atoms with E-state index in [0.29, 0.717) is 24.9 Å². The molecular weight excluding hydrogens is 384 g/mol. The Kier molecular flexibility index (Phi) is 6.74. The predicted molar refractivity (Wildman–Crippen MR) is 113 cm³/mol. The lowest BCUT2D eigenvalue weighted by Crippen LogP contribution is -2.48. The van der Waals surface area contributed by atoms with Crippen molar-refractivity contribution in [2.24, 2.45) is 0 Å². The van der Waals surface area contributed by atoms with Crippen molar-refractivity contribution in [1.82, 2.24) is 15.5 Å². The highest BCUT2D eigenvalue weighted by Gasteiger charge is 2.51. The number of imide groups is 1. The molecule has 3 rings (SSSR count). The van der Waals surface area contributed by atoms with Gasteiger partial charge in [-0.25, -0.2) is 4.79 Å². The number of anilines is 1. The lowest BCUT2D eigenvalue weighted by atomic mass is 9.82. The summed E-state index contributed by atoms with van der Waals surface area (Å²) >= 11 is 0. The van der Waals surface area contributed by atoms with Gasteiger partial charge in [0.25, 0.3) is 5.91 Å². The van der Waals surface area contributed by atoms with Crippen LogP contribution in [0.15, 0.2) is 24.3 Å². The fourth-order valence-electron chi connectivity index (χ4n) is 4.09. The first-order chi connectivity index (χ1) is 14.3. The molecule has 1 aromatic carbocycles. The first-order valence-electron chi connectivity index (χ1n) is 10.7. The second kappa shape index (κ2) is 9.28. The summed E-state index contributed by atoms with van der Waals surface area (Å²) < 4.78 is 0. The number of rotatable bonds is 7. The van der Waals surface area contributed by atoms with Crippen LogP contribution >= 0.6 is 0 Å². The van der Waals surface area contributed by atoms with Crippen LogP contribution in [0.5, 0.6) is 0 Å². The Morgan fingerprint density at radius 3 is 2.40 bits per heavy atom. The second-order valence-corrected chi connectivity index (χ2v) is 8.09. The fourth-order valence-corrected chi connectivity index (χ4v) is 4.09. The smallest absolute Gasteiger partial charge is 0.325 e. The Morgan fingerprint density at radius 2 is 1.77 bits per heavy atom. The Labute approximate surface area is 176 Å². The molecule has 0 aromatic heterocycles. The van der Waals surface area contributed by atoms with E-state index >= 15 is 0 Å². The zero-order valence-corrected chi connectivity index (χ0v) is 17.6. The van der Waals surface area contributed by atoms with E-state index in [4.69, 9.17) is 0 Å². The van der Waals surface area contributed by atoms with Crippen molar-refractivity contribution in [3.8, 4) is 0 Å². The van der Waals surface area contributed by atoms with Crippen LogP contribution in [0.2, 0.25) is 0 Å². The van der Waals surface area contributed by atoms with Crippen molar-refractivity contribution < 1.29 is 19.2 Å². The van der Waals surface area contributed by atoms with E-state index in [9.17, 15) is 19.2 Å². The van der Waals surface area contributed by atoms with Gasteiger partial charge in [-0.3, -0.25) is 19.3 Å². The van der Waals surface area contributed by atoms with Crippen molar-refractivity contribution in [1.29, 1.82) is 0 Å². The van der Waals surface area contributed by atoms with Gasteiger partial charge in [-0.15, -0.1) is 0 Å². The first kappa shape index (κ1) is 21.8. The SMILES string of the molecule is CCC(=O)Nc1ccc(C(C)NC(=O)CCN2C(=O)NC3(CCCCC3)C2=O)cc1. The molecule has 2 aliphatic rings. The predicted octanol–water partition coefficient (Wildman–Crippen LogP) is 2.86. The molecule has 30 heavy (non-hydrogen) atoms. The van der Waals surface area contributed by atoms with E-state index in [1.165, 1.54) is 4.90 Å². The molecule has 1 saturated heterocycles. The highest BCUT2D eigenvalue weighted by molar-refractivity contribution is 6.07. The van der Waals surface area contributed by atoms with Gasteiger partial charge in [0, 0.05) is 25.1 Å². The molecule has 0 radical (unpaired) electrons. The minimum absolute atomic E-state index is 0.0559. The van der Waals surface area contributed by atoms with Gasteiger partial charge in [-0.05, 0) is 37.5 Å². The number of urea groups is 1. The Hall–Kier alpha value is -2.90. The number of carbonyl (C=O) groups excluding carboxylic acids is 4. The molecule has 1 atom stereocenters. The third kappa shape index (κ3) is 4.80. The van der Waals surface area contributed by atoms with E-state index in [1.54, 1.807) is 19.1 Å². The summed E-state index contributed by atoms with van der Waals surface area (Å²) in [6.07, 6.45) is 4.75. The van der Waals surface area contributed by atoms with E-state index in [-0.39, 0.29) is 36.7 Å². The van der Waals surface area contributed by atoms with Crippen LogP contribution in [0.4, 0.5) is 10.5 Å². The maximum atomic E-state index is 12.8. The number of carbonyl (C=O) groups is 4. The average Bonchev–Trinajstić information content (AvgIpc) is 2.96. The molecule has 1 aliphatic carbocycles. The molecule has 3 N–H and O–H groups in total. The third-order valence-electron chi connectivity index (χ3n) is 5.91. The molecule has 8 heteroatoms. The van der Waals surface area contributed by atoms with E-state index < -0.39 is 11.6 Å². The highest BCUT2D eigenvalue weighted by atomic mass is 16.2. The topological polar surface area (TPSA) is 108 Å². The lowest BCUT2D eigenvalue weighted by molar-refractivity contribution is -0.132. The summed E-state index contributed by atoms with van der Waals surface area (Å²) in [5, 5.41) is 8.54. The molecular formula is C22H30N4O4. The van der Waals surface area contributed by atoms with E-state index in [0.717, 1.165) is 24.8 Å². The number of hydrogen-bond donors (Lipinski definition) is 3. The molecule has 2 fully saturated rings. The highest BCUT2D eigenvalue weighted by Crippen LogP contribution is 2.33. The van der Waals surface area contributed by atoms with Gasteiger partial charge >= 0.3 is 6.03 Å². The van der Waals surface area contributed by atoms with E-state index in [1.807, 2.05) is 19.1 Å². The maximum Gasteiger partial charge on any atom is 0.325 e. The van der Waals surface area contributed by atoms with E-state index in [2.05, 4.69) is 16.0 Å². The molecule has 1 aliphatic heterocycles. The summed E-state index contributed by atoms with van der Waals surface area (Å²) in [5.74, 6) is -0.478. The number of nitrogens with zero attached hydrogens (tertiary/aromatic N) is 1. The van der Waals surface area contributed by atoms with Gasteiger partial charge < -0.3 is 16.0 Å². The first-order valence-corrected chi connectivity index (χ1v) is 10.7. The summed E-state index contributed by atoms with van der Waals surface area (Å²) in [7, 11) is 0. The molecule has 1 aromatic rings. The van der Waals surface area contributed by atoms with Crippen molar-refractivity contribution in [3.05, 3.63) is 29.8 Å². The van der Waals surface area contributed by atoms with Crippen LogP contribution in [0.25, 0.3) is 0 Å². The lowest BCUT2D eigenvalue weighted by Gasteiger charge is -2.30. The summed E-state index contributed by atoms with van der Waals surface area (Å²) in [6.45, 7) is 3.73. The van der Waals surface area contributed by atoms with Crippen LogP contribution < -0.4 is 16.0 Å². The van der Waals surface area contributed by atoms with Crippen molar-refractivity contribution in [2.45, 2.75) is 70.4 Å². The van der Waals surface area contributed by atoms with Crippen LogP contribution in [0.1, 0.15) is 70.4 Å². The monoisotopic (exact) mass is 414 g/mol. The summed E-state index contributed by atoms with van der Waals surface area (Å²) in [6, 6.07) is 6.65. The minimum atomic E-state index is -0.756. The molecule has 5 amide bonds. The van der Waals surface area contributed by atoms with Gasteiger partial charge in [0.05, 0.1) is 6.04 Å². The number of nitrogens with one attached hydrogen (secondary N) is 3. The zero-order chi connectivity index (χ0) is 21.7. The van der Waals surface area contributed by atoms with Crippen molar-refractivity contribution in [3.63, 3.8) is 0 Å². The standard InChI is InChI=1S/C22H30N4O4/c1-3-18(27)24-17-9-7-16(8-10-17)15(2)23-19(28)11-14-26-20(29)22(25-21(26)30)12-5-4-6-13-22/h7-10,15H,3-6,11-14H2,1-2H3,(H,23,28)(H,24,27)(H,25,30). The van der Waals surface area contributed by atoms with Crippen LogP contribution in [-0.4, -0.2) is 40.7 Å². The molecule has 1 spiro atoms. The largest absolute Gasteiger partial charge is 0.350 e. The van der Waals surface area contributed by atoms with Gasteiger partial charge in [0.2, 0.25) is 11.8 Å². The van der Waals surface area contributed by atoms with Crippen LogP contribution in [0, 0.1) is 0 Å². The van der Waals surface area contributed by atoms with Gasteiger partial charge in [0.1, 0.15) is 5.54 Å². The molecule has 1 saturated carbocycles.